The summed E-state index contributed by atoms with van der Waals surface area (Å²) in [5, 5.41) is 12.0. The van der Waals surface area contributed by atoms with Gasteiger partial charge >= 0.3 is 0 Å². The first-order chi connectivity index (χ1) is 16.9. The fraction of sp³-hybridized carbons (Fsp3) is 0.0800. The van der Waals surface area contributed by atoms with Crippen LogP contribution in [-0.4, -0.2) is 32.7 Å². The van der Waals surface area contributed by atoms with Gasteiger partial charge in [0, 0.05) is 21.2 Å². The Morgan fingerprint density at radius 3 is 2.23 bits per heavy atom. The van der Waals surface area contributed by atoms with Gasteiger partial charge in [0.1, 0.15) is 5.69 Å². The Labute approximate surface area is 210 Å². The highest BCUT2D eigenvalue weighted by Crippen LogP contribution is 2.29. The molecule has 2 heterocycles. The third-order valence-corrected chi connectivity index (χ3v) is 6.27. The molecule has 1 aliphatic rings. The number of benzene rings is 3. The minimum absolute atomic E-state index is 0.131. The van der Waals surface area contributed by atoms with Crippen LogP contribution in [0.25, 0.3) is 0 Å². The van der Waals surface area contributed by atoms with E-state index in [1.807, 2.05) is 0 Å². The maximum Gasteiger partial charge on any atom is 0.266 e. The van der Waals surface area contributed by atoms with Crippen LogP contribution >= 0.6 is 23.2 Å². The molecule has 0 saturated carbocycles. The minimum atomic E-state index is -0.418. The van der Waals surface area contributed by atoms with Gasteiger partial charge in [-0.2, -0.15) is 0 Å². The summed E-state index contributed by atoms with van der Waals surface area (Å²) in [6.07, 6.45) is 1.69. The van der Waals surface area contributed by atoms with Gasteiger partial charge in [-0.15, -0.1) is 5.10 Å². The third kappa shape index (κ3) is 4.41. The molecule has 0 radical (unpaired) electrons. The van der Waals surface area contributed by atoms with Crippen molar-refractivity contribution in [1.82, 2.24) is 20.3 Å². The second-order valence-electron chi connectivity index (χ2n) is 7.83. The Balaban J connectivity index is 1.26. The van der Waals surface area contributed by atoms with E-state index >= 15 is 0 Å². The number of fused-ring (bicyclic) bond motifs is 1. The van der Waals surface area contributed by atoms with Crippen molar-refractivity contribution < 1.29 is 14.4 Å². The Bertz CT molecular complexity index is 1430. The molecule has 0 fully saturated rings. The number of carbonyl (C=O) groups excluding carboxylic acids is 3. The van der Waals surface area contributed by atoms with Gasteiger partial charge in [0.05, 0.1) is 36.1 Å². The lowest BCUT2D eigenvalue weighted by Gasteiger charge is -2.15. The van der Waals surface area contributed by atoms with Crippen molar-refractivity contribution in [3.05, 3.63) is 111 Å². The maximum absolute atomic E-state index is 12.8. The number of nitrogens with one attached hydrogen (secondary N) is 1. The molecule has 0 bridgehead atoms. The van der Waals surface area contributed by atoms with Crippen molar-refractivity contribution in [2.24, 2.45) is 0 Å². The summed E-state index contributed by atoms with van der Waals surface area (Å²) in [4.78, 5) is 39.3. The molecule has 3 aromatic carbocycles. The minimum Gasteiger partial charge on any atom is -0.346 e. The fourth-order valence-corrected chi connectivity index (χ4v) is 4.34. The highest BCUT2D eigenvalue weighted by Gasteiger charge is 2.36. The average molecular weight is 506 g/mol. The van der Waals surface area contributed by atoms with Crippen LogP contribution in [0.1, 0.15) is 42.3 Å². The first-order valence-electron chi connectivity index (χ1n) is 10.6. The molecule has 35 heavy (non-hydrogen) atoms. The molecule has 0 aliphatic carbocycles. The number of imide groups is 1. The second-order valence-corrected chi connectivity index (χ2v) is 8.65. The van der Waals surface area contributed by atoms with Crippen LogP contribution in [0.15, 0.2) is 72.9 Å². The van der Waals surface area contributed by atoms with Crippen LogP contribution in [0.5, 0.6) is 0 Å². The number of halogens is 2. The number of amides is 3. The molecule has 8 nitrogen and oxygen atoms in total. The predicted molar refractivity (Wildman–Crippen MR) is 131 cm³/mol. The molecular formula is C25H17Cl2N5O3. The summed E-state index contributed by atoms with van der Waals surface area (Å²) in [5.41, 5.74) is 2.57. The quantitative estimate of drug-likeness (QED) is 0.392. The molecule has 3 amide bonds. The normalized spacial score (nSPS) is 12.7. The van der Waals surface area contributed by atoms with Gasteiger partial charge in [-0.3, -0.25) is 14.4 Å². The lowest BCUT2D eigenvalue weighted by atomic mass is 10.1. The van der Waals surface area contributed by atoms with Crippen molar-refractivity contribution in [3.63, 3.8) is 0 Å². The number of nitrogens with zero attached hydrogens (tertiary/aromatic N) is 4. The van der Waals surface area contributed by atoms with Crippen molar-refractivity contribution in [3.8, 4) is 0 Å². The third-order valence-electron chi connectivity index (χ3n) is 5.56. The van der Waals surface area contributed by atoms with E-state index in [9.17, 15) is 14.4 Å². The number of carbonyl (C=O) groups is 3. The number of hydrogen-bond acceptors (Lipinski definition) is 5. The van der Waals surface area contributed by atoms with Gasteiger partial charge in [0.2, 0.25) is 0 Å². The average Bonchev–Trinajstić information content (AvgIpc) is 3.42. The standard InChI is InChI=1S/C25H17Cl2N5O3/c26-21-9-4-10-22(27)20(21)14-31-13-16(29-30-31)12-28-23(33)15-5-3-6-17(11-15)32-24(34)18-7-1-2-8-19(18)25(32)35/h1-11,13H,12,14H2,(H,28,33). The smallest absolute Gasteiger partial charge is 0.266 e. The lowest BCUT2D eigenvalue weighted by Crippen LogP contribution is -2.30. The molecule has 1 N–H and O–H groups in total. The van der Waals surface area contributed by atoms with Crippen LogP contribution in [0.3, 0.4) is 0 Å². The Morgan fingerprint density at radius 1 is 0.886 bits per heavy atom. The van der Waals surface area contributed by atoms with Gasteiger partial charge in [-0.1, -0.05) is 52.7 Å². The largest absolute Gasteiger partial charge is 0.346 e. The second kappa shape index (κ2) is 9.32. The van der Waals surface area contributed by atoms with Gasteiger partial charge in [0.15, 0.2) is 0 Å². The monoisotopic (exact) mass is 505 g/mol. The number of rotatable bonds is 6. The van der Waals surface area contributed by atoms with Crippen molar-refractivity contribution in [2.45, 2.75) is 13.1 Å². The maximum atomic E-state index is 12.8. The van der Waals surface area contributed by atoms with E-state index in [1.165, 1.54) is 6.07 Å². The first-order valence-corrected chi connectivity index (χ1v) is 11.4. The van der Waals surface area contributed by atoms with Crippen molar-refractivity contribution in [2.75, 3.05) is 4.90 Å². The summed E-state index contributed by atoms with van der Waals surface area (Å²) >= 11 is 12.4. The Hall–Kier alpha value is -4.01. The Morgan fingerprint density at radius 2 is 1.54 bits per heavy atom. The molecule has 0 spiro atoms. The summed E-state index contributed by atoms with van der Waals surface area (Å²) in [6, 6.07) is 18.2. The molecule has 0 unspecified atom stereocenters. The number of aromatic nitrogens is 3. The molecule has 0 atom stereocenters. The zero-order chi connectivity index (χ0) is 24.5. The van der Waals surface area contributed by atoms with Gasteiger partial charge in [-0.25, -0.2) is 9.58 Å². The van der Waals surface area contributed by atoms with E-state index in [1.54, 1.807) is 71.5 Å². The molecule has 1 aromatic heterocycles. The molecule has 4 aromatic rings. The van der Waals surface area contributed by atoms with Gasteiger partial charge in [-0.05, 0) is 42.5 Å². The SMILES string of the molecule is O=C(NCc1cn(Cc2c(Cl)cccc2Cl)nn1)c1cccc(N2C(=O)c3ccccc3C2=O)c1. The highest BCUT2D eigenvalue weighted by molar-refractivity contribution is 6.36. The first kappa shape index (κ1) is 22.8. The predicted octanol–water partition coefficient (Wildman–Crippen LogP) is 4.36. The number of hydrogen-bond donors (Lipinski definition) is 1. The summed E-state index contributed by atoms with van der Waals surface area (Å²) < 4.78 is 1.58. The van der Waals surface area contributed by atoms with Crippen LogP contribution in [0.4, 0.5) is 5.69 Å². The van der Waals surface area contributed by atoms with Crippen LogP contribution in [-0.2, 0) is 13.1 Å². The fourth-order valence-electron chi connectivity index (χ4n) is 3.83. The molecule has 5 rings (SSSR count). The van der Waals surface area contributed by atoms with Crippen molar-refractivity contribution in [1.29, 1.82) is 0 Å². The van der Waals surface area contributed by atoms with E-state index < -0.39 is 11.8 Å². The zero-order valence-corrected chi connectivity index (χ0v) is 19.6. The molecule has 10 heteroatoms. The van der Waals surface area contributed by atoms with Gasteiger partial charge < -0.3 is 5.32 Å². The van der Waals surface area contributed by atoms with E-state index in [-0.39, 0.29) is 12.5 Å². The molecule has 1 aliphatic heterocycles. The lowest BCUT2D eigenvalue weighted by molar-refractivity contribution is 0.0919. The number of anilines is 1. The van der Waals surface area contributed by atoms with E-state index in [4.69, 9.17) is 23.2 Å². The van der Waals surface area contributed by atoms with Crippen LogP contribution in [0.2, 0.25) is 10.0 Å². The summed E-state index contributed by atoms with van der Waals surface area (Å²) in [6.45, 7) is 0.466. The zero-order valence-electron chi connectivity index (χ0n) is 18.1. The Kier molecular flexibility index (Phi) is 6.07. The van der Waals surface area contributed by atoms with E-state index in [0.717, 1.165) is 10.5 Å². The van der Waals surface area contributed by atoms with Crippen LogP contribution in [0, 0.1) is 0 Å². The van der Waals surface area contributed by atoms with Crippen molar-refractivity contribution >= 4 is 46.6 Å². The van der Waals surface area contributed by atoms with Crippen LogP contribution < -0.4 is 10.2 Å². The molecular weight excluding hydrogens is 489 g/mol. The van der Waals surface area contributed by atoms with E-state index in [0.29, 0.717) is 44.7 Å². The topological polar surface area (TPSA) is 97.2 Å². The molecule has 0 saturated heterocycles. The summed E-state index contributed by atoms with van der Waals surface area (Å²) in [5.74, 6) is -1.22. The summed E-state index contributed by atoms with van der Waals surface area (Å²) in [7, 11) is 0. The van der Waals surface area contributed by atoms with E-state index in [2.05, 4.69) is 15.6 Å². The molecule has 174 valence electrons. The van der Waals surface area contributed by atoms with Gasteiger partial charge in [0.25, 0.3) is 17.7 Å². The highest BCUT2D eigenvalue weighted by atomic mass is 35.5.